The maximum Gasteiger partial charge on any atom is 0.238 e. The molecule has 0 amide bonds. The summed E-state index contributed by atoms with van der Waals surface area (Å²) in [5, 5.41) is 5.11. The van der Waals surface area contributed by atoms with Crippen LogP contribution in [0.3, 0.4) is 0 Å². The molecule has 0 unspecified atom stereocenters. The van der Waals surface area contributed by atoms with Crippen molar-refractivity contribution in [3.8, 4) is 34.0 Å². The number of benzene rings is 1. The average molecular weight is 581 g/mol. The Labute approximate surface area is 237 Å². The maximum absolute atomic E-state index is 16.1. The van der Waals surface area contributed by atoms with E-state index in [1.165, 1.54) is 14.2 Å². The molecular weight excluding hydrogens is 558 g/mol. The summed E-state index contributed by atoms with van der Waals surface area (Å²) in [4.78, 5) is 21.3. The lowest BCUT2D eigenvalue weighted by Crippen LogP contribution is -2.04. The zero-order valence-corrected chi connectivity index (χ0v) is 23.7. The number of ether oxygens (including phenoxy) is 2. The first-order valence-corrected chi connectivity index (χ1v) is 12.9. The van der Waals surface area contributed by atoms with Gasteiger partial charge < -0.3 is 14.5 Å². The predicted octanol–water partition coefficient (Wildman–Crippen LogP) is 5.74. The van der Waals surface area contributed by atoms with E-state index in [4.69, 9.17) is 37.7 Å². The van der Waals surface area contributed by atoms with Gasteiger partial charge in [0.25, 0.3) is 0 Å². The summed E-state index contributed by atoms with van der Waals surface area (Å²) in [7, 11) is 4.84. The molecule has 0 saturated carbocycles. The fourth-order valence-corrected chi connectivity index (χ4v) is 5.27. The average Bonchev–Trinajstić information content (AvgIpc) is 3.58. The summed E-state index contributed by atoms with van der Waals surface area (Å²) in [5.74, 6) is 0.712. The van der Waals surface area contributed by atoms with Crippen LogP contribution >= 0.6 is 23.2 Å². The molecule has 0 atom stereocenters. The smallest absolute Gasteiger partial charge is 0.238 e. The molecule has 0 aliphatic rings. The van der Waals surface area contributed by atoms with E-state index in [0.29, 0.717) is 68.4 Å². The first-order chi connectivity index (χ1) is 19.2. The lowest BCUT2D eigenvalue weighted by molar-refractivity contribution is 0.355. The Morgan fingerprint density at radius 1 is 1.00 bits per heavy atom. The third-order valence-corrected chi connectivity index (χ3v) is 7.32. The number of H-pyrrole nitrogens is 1. The fourth-order valence-electron chi connectivity index (χ4n) is 4.89. The van der Waals surface area contributed by atoms with E-state index < -0.39 is 5.95 Å². The second kappa shape index (κ2) is 9.76. The first kappa shape index (κ1) is 26.0. The molecule has 0 bridgehead atoms. The van der Waals surface area contributed by atoms with Gasteiger partial charge in [-0.2, -0.15) is 9.49 Å². The molecular formula is C27H23Cl2FN8O2. The van der Waals surface area contributed by atoms with Crippen molar-refractivity contribution < 1.29 is 13.9 Å². The topological polar surface area (TPSA) is 108 Å². The molecule has 0 radical (unpaired) electrons. The van der Waals surface area contributed by atoms with Crippen LogP contribution in [-0.4, -0.2) is 53.3 Å². The van der Waals surface area contributed by atoms with Gasteiger partial charge in [0.15, 0.2) is 22.8 Å². The summed E-state index contributed by atoms with van der Waals surface area (Å²) < 4.78 is 30.3. The molecule has 13 heteroatoms. The Hall–Kier alpha value is -4.22. The van der Waals surface area contributed by atoms with Gasteiger partial charge in [-0.15, -0.1) is 0 Å². The Balaban J connectivity index is 1.59. The van der Waals surface area contributed by atoms with Crippen molar-refractivity contribution in [2.24, 2.45) is 7.05 Å². The highest BCUT2D eigenvalue weighted by Gasteiger charge is 2.25. The molecule has 5 heterocycles. The molecule has 0 aliphatic heterocycles. The molecule has 5 aromatic heterocycles. The van der Waals surface area contributed by atoms with Gasteiger partial charge in [0.05, 0.1) is 36.1 Å². The number of nitrogens with one attached hydrogen (secondary N) is 1. The second-order valence-electron chi connectivity index (χ2n) is 9.25. The molecule has 6 rings (SSSR count). The van der Waals surface area contributed by atoms with Crippen LogP contribution in [0.25, 0.3) is 39.3 Å². The number of aryl methyl sites for hydroxylation is 2. The molecule has 40 heavy (non-hydrogen) atoms. The van der Waals surface area contributed by atoms with Gasteiger partial charge in [0, 0.05) is 42.6 Å². The molecule has 0 spiro atoms. The number of halogens is 3. The van der Waals surface area contributed by atoms with Crippen LogP contribution in [0.15, 0.2) is 30.5 Å². The number of hydrogen-bond acceptors (Lipinski definition) is 7. The van der Waals surface area contributed by atoms with E-state index >= 15 is 4.39 Å². The Morgan fingerprint density at radius 3 is 2.45 bits per heavy atom. The molecule has 1 aromatic carbocycles. The quantitative estimate of drug-likeness (QED) is 0.250. The number of rotatable bonds is 6. The number of imidazole rings is 2. The molecule has 0 aliphatic carbocycles. The third-order valence-electron chi connectivity index (χ3n) is 6.80. The SMILES string of the molecule is COc1cc(Cl)c(-c2c(F)nc(-c3c(C)nn(C)c3C)c3nc(Cc4nc5nc(Cl)ccc5[nH]4)cn23)cc1OC. The van der Waals surface area contributed by atoms with Crippen LogP contribution in [0.2, 0.25) is 10.2 Å². The molecule has 1 N–H and O–H groups in total. The van der Waals surface area contributed by atoms with Crippen molar-refractivity contribution in [3.63, 3.8) is 0 Å². The fraction of sp³-hybridized carbons (Fsp3) is 0.222. The van der Waals surface area contributed by atoms with Crippen LogP contribution in [0.5, 0.6) is 11.5 Å². The maximum atomic E-state index is 16.1. The van der Waals surface area contributed by atoms with Crippen LogP contribution in [0.1, 0.15) is 22.9 Å². The number of aromatic amines is 1. The number of fused-ring (bicyclic) bond motifs is 2. The summed E-state index contributed by atoms with van der Waals surface area (Å²) in [6, 6.07) is 6.70. The van der Waals surface area contributed by atoms with Crippen molar-refractivity contribution in [2.45, 2.75) is 20.3 Å². The standard InChI is InChI=1S/C27H23Cl2FN8O2/c1-12-22(13(2)37(3)36-12)23-27-31-14(8-21-32-17-6-7-20(29)33-26(17)34-21)11-38(27)24(25(30)35-23)15-9-18(39-4)19(40-5)10-16(15)28/h6-7,9-11H,8H2,1-5H3,(H,32,33,34). The van der Waals surface area contributed by atoms with Crippen molar-refractivity contribution in [1.82, 2.24) is 39.1 Å². The van der Waals surface area contributed by atoms with Crippen LogP contribution < -0.4 is 9.47 Å². The van der Waals surface area contributed by atoms with Crippen LogP contribution in [0, 0.1) is 19.8 Å². The molecule has 0 fully saturated rings. The Kier molecular flexibility index (Phi) is 6.35. The molecule has 10 nitrogen and oxygen atoms in total. The third kappa shape index (κ3) is 4.22. The minimum Gasteiger partial charge on any atom is -0.493 e. The van der Waals surface area contributed by atoms with Crippen LogP contribution in [0.4, 0.5) is 4.39 Å². The van der Waals surface area contributed by atoms with Gasteiger partial charge >= 0.3 is 0 Å². The van der Waals surface area contributed by atoms with E-state index in [0.717, 1.165) is 11.2 Å². The van der Waals surface area contributed by atoms with E-state index in [9.17, 15) is 0 Å². The van der Waals surface area contributed by atoms with Gasteiger partial charge in [0.1, 0.15) is 22.4 Å². The number of aromatic nitrogens is 8. The van der Waals surface area contributed by atoms with Crippen molar-refractivity contribution in [3.05, 3.63) is 69.5 Å². The van der Waals surface area contributed by atoms with Gasteiger partial charge in [-0.3, -0.25) is 9.08 Å². The number of hydrogen-bond donors (Lipinski definition) is 1. The van der Waals surface area contributed by atoms with E-state index in [-0.39, 0.29) is 10.7 Å². The van der Waals surface area contributed by atoms with E-state index in [2.05, 4.69) is 25.0 Å². The van der Waals surface area contributed by atoms with E-state index in [1.807, 2.05) is 27.0 Å². The van der Waals surface area contributed by atoms with Gasteiger partial charge in [-0.25, -0.2) is 19.9 Å². The summed E-state index contributed by atoms with van der Waals surface area (Å²) in [6.45, 7) is 3.76. The zero-order chi connectivity index (χ0) is 28.3. The number of nitrogens with zero attached hydrogens (tertiary/aromatic N) is 7. The summed E-state index contributed by atoms with van der Waals surface area (Å²) in [6.07, 6.45) is 2.07. The first-order valence-electron chi connectivity index (χ1n) is 12.2. The lowest BCUT2D eigenvalue weighted by atomic mass is 10.1. The number of methoxy groups -OCH3 is 2. The summed E-state index contributed by atoms with van der Waals surface area (Å²) in [5.41, 5.74) is 5.40. The highest BCUT2D eigenvalue weighted by molar-refractivity contribution is 6.33. The highest BCUT2D eigenvalue weighted by atomic mass is 35.5. The predicted molar refractivity (Wildman–Crippen MR) is 150 cm³/mol. The largest absolute Gasteiger partial charge is 0.493 e. The monoisotopic (exact) mass is 580 g/mol. The van der Waals surface area contributed by atoms with Crippen LogP contribution in [-0.2, 0) is 13.5 Å². The molecule has 0 saturated heterocycles. The Bertz CT molecular complexity index is 1950. The highest BCUT2D eigenvalue weighted by Crippen LogP contribution is 2.40. The second-order valence-corrected chi connectivity index (χ2v) is 10.0. The van der Waals surface area contributed by atoms with Gasteiger partial charge in [-0.05, 0) is 32.0 Å². The Morgan fingerprint density at radius 2 is 1.75 bits per heavy atom. The van der Waals surface area contributed by atoms with Crippen molar-refractivity contribution >= 4 is 40.0 Å². The van der Waals surface area contributed by atoms with Gasteiger partial charge in [0.2, 0.25) is 5.95 Å². The molecule has 204 valence electrons. The number of pyridine rings is 1. The van der Waals surface area contributed by atoms with Crippen molar-refractivity contribution in [1.29, 1.82) is 0 Å². The normalized spacial score (nSPS) is 11.6. The minimum atomic E-state index is -0.731. The van der Waals surface area contributed by atoms with E-state index in [1.54, 1.807) is 33.5 Å². The zero-order valence-electron chi connectivity index (χ0n) is 22.2. The summed E-state index contributed by atoms with van der Waals surface area (Å²) >= 11 is 12.7. The van der Waals surface area contributed by atoms with Gasteiger partial charge in [-0.1, -0.05) is 23.2 Å². The molecule has 6 aromatic rings. The van der Waals surface area contributed by atoms with Crippen molar-refractivity contribution in [2.75, 3.05) is 14.2 Å². The lowest BCUT2D eigenvalue weighted by Gasteiger charge is -2.15. The minimum absolute atomic E-state index is 0.126.